The van der Waals surface area contributed by atoms with E-state index in [4.69, 9.17) is 0 Å². The van der Waals surface area contributed by atoms with Crippen LogP contribution in [0.2, 0.25) is 0 Å². The van der Waals surface area contributed by atoms with Crippen LogP contribution < -0.4 is 0 Å². The standard InChI is InChI=1S/C20H23N3OS/c1-6-15-7-9-17(10-8-15)23-13(2)11-16(14(23)3)12-18-19(24)22(5)20(21-4)25-18/h7-12H,6H2,1-5H3/b18-12-,21-20?. The van der Waals surface area contributed by atoms with Gasteiger partial charge in [-0.15, -0.1) is 0 Å². The molecule has 0 aliphatic carbocycles. The minimum Gasteiger partial charge on any atom is -0.318 e. The molecule has 1 aromatic heterocycles. The third kappa shape index (κ3) is 3.16. The molecule has 5 heteroatoms. The van der Waals surface area contributed by atoms with E-state index in [1.807, 2.05) is 6.08 Å². The lowest BCUT2D eigenvalue weighted by Crippen LogP contribution is -2.23. The molecule has 2 aromatic rings. The fourth-order valence-electron chi connectivity index (χ4n) is 3.10. The molecule has 0 atom stereocenters. The van der Waals surface area contributed by atoms with Gasteiger partial charge in [0, 0.05) is 31.2 Å². The smallest absolute Gasteiger partial charge is 0.266 e. The zero-order valence-corrected chi connectivity index (χ0v) is 16.1. The van der Waals surface area contributed by atoms with Gasteiger partial charge < -0.3 is 4.57 Å². The quantitative estimate of drug-likeness (QED) is 0.776. The second kappa shape index (κ2) is 6.92. The number of rotatable bonds is 3. The summed E-state index contributed by atoms with van der Waals surface area (Å²) in [6.45, 7) is 6.35. The Morgan fingerprint density at radius 1 is 1.20 bits per heavy atom. The van der Waals surface area contributed by atoms with Crippen LogP contribution in [-0.4, -0.2) is 34.6 Å². The number of carbonyl (C=O) groups is 1. The van der Waals surface area contributed by atoms with Gasteiger partial charge in [-0.05, 0) is 67.4 Å². The highest BCUT2D eigenvalue weighted by Crippen LogP contribution is 2.33. The van der Waals surface area contributed by atoms with Crippen LogP contribution in [0.5, 0.6) is 0 Å². The summed E-state index contributed by atoms with van der Waals surface area (Å²) >= 11 is 1.42. The summed E-state index contributed by atoms with van der Waals surface area (Å²) in [5.41, 5.74) is 5.83. The second-order valence-electron chi connectivity index (χ2n) is 6.16. The molecule has 1 amide bonds. The molecule has 0 spiro atoms. The van der Waals surface area contributed by atoms with Crippen molar-refractivity contribution in [2.24, 2.45) is 4.99 Å². The molecule has 1 aliphatic heterocycles. The molecule has 3 rings (SSSR count). The number of nitrogens with zero attached hydrogens (tertiary/aromatic N) is 3. The van der Waals surface area contributed by atoms with Gasteiger partial charge in [-0.3, -0.25) is 14.7 Å². The number of carbonyl (C=O) groups excluding carboxylic acids is 1. The van der Waals surface area contributed by atoms with E-state index in [1.165, 1.54) is 17.3 Å². The number of hydrogen-bond acceptors (Lipinski definition) is 3. The average molecular weight is 353 g/mol. The lowest BCUT2D eigenvalue weighted by Gasteiger charge is -2.10. The highest BCUT2D eigenvalue weighted by atomic mass is 32.2. The Balaban J connectivity index is 2.00. The van der Waals surface area contributed by atoms with Gasteiger partial charge in [-0.2, -0.15) is 0 Å². The molecule has 0 radical (unpaired) electrons. The Hall–Kier alpha value is -2.27. The first-order valence-electron chi connectivity index (χ1n) is 8.39. The van der Waals surface area contributed by atoms with Crippen LogP contribution in [0.25, 0.3) is 11.8 Å². The number of thioether (sulfide) groups is 1. The van der Waals surface area contributed by atoms with Gasteiger partial charge in [-0.25, -0.2) is 0 Å². The molecule has 130 valence electrons. The Bertz CT molecular complexity index is 875. The summed E-state index contributed by atoms with van der Waals surface area (Å²) in [5.74, 6) is 0.00250. The van der Waals surface area contributed by atoms with E-state index in [0.717, 1.165) is 34.2 Å². The second-order valence-corrected chi connectivity index (χ2v) is 7.17. The topological polar surface area (TPSA) is 37.6 Å². The van der Waals surface area contributed by atoms with Gasteiger partial charge in [-0.1, -0.05) is 19.1 Å². The number of likely N-dealkylation sites (N-methyl/N-ethyl adjacent to an activating group) is 1. The molecule has 1 saturated heterocycles. The van der Waals surface area contributed by atoms with Gasteiger partial charge in [0.1, 0.15) is 0 Å². The molecule has 25 heavy (non-hydrogen) atoms. The zero-order valence-electron chi connectivity index (χ0n) is 15.3. The van der Waals surface area contributed by atoms with E-state index in [2.05, 4.69) is 60.7 Å². The summed E-state index contributed by atoms with van der Waals surface area (Å²) in [5, 5.41) is 0.736. The Kier molecular flexibility index (Phi) is 4.86. The first-order chi connectivity index (χ1) is 12.0. The first kappa shape index (κ1) is 17.5. The van der Waals surface area contributed by atoms with Crippen LogP contribution in [0.15, 0.2) is 40.2 Å². The van der Waals surface area contributed by atoms with Gasteiger partial charge >= 0.3 is 0 Å². The van der Waals surface area contributed by atoms with E-state index in [-0.39, 0.29) is 5.91 Å². The van der Waals surface area contributed by atoms with Crippen LogP contribution in [0.4, 0.5) is 0 Å². The third-order valence-corrected chi connectivity index (χ3v) is 5.71. The maximum absolute atomic E-state index is 12.4. The van der Waals surface area contributed by atoms with Crippen LogP contribution >= 0.6 is 11.8 Å². The third-order valence-electron chi connectivity index (χ3n) is 4.55. The molecule has 0 unspecified atom stereocenters. The zero-order chi connectivity index (χ0) is 18.1. The molecule has 1 aromatic carbocycles. The summed E-state index contributed by atoms with van der Waals surface area (Å²) in [6, 6.07) is 10.8. The average Bonchev–Trinajstić information content (AvgIpc) is 3.05. The molecular formula is C20H23N3OS. The maximum atomic E-state index is 12.4. The Morgan fingerprint density at radius 2 is 1.88 bits per heavy atom. The molecule has 0 N–H and O–H groups in total. The van der Waals surface area contributed by atoms with Gasteiger partial charge in [0.25, 0.3) is 5.91 Å². The van der Waals surface area contributed by atoms with Crippen LogP contribution in [0.1, 0.15) is 29.4 Å². The van der Waals surface area contributed by atoms with Crippen molar-refractivity contribution >= 4 is 28.9 Å². The highest BCUT2D eigenvalue weighted by molar-refractivity contribution is 8.18. The van der Waals surface area contributed by atoms with Crippen LogP contribution in [0.3, 0.4) is 0 Å². The molecule has 4 nitrogen and oxygen atoms in total. The number of amidine groups is 1. The summed E-state index contributed by atoms with van der Waals surface area (Å²) in [6.07, 6.45) is 3.01. The molecule has 2 heterocycles. The van der Waals surface area contributed by atoms with Crippen molar-refractivity contribution in [2.75, 3.05) is 14.1 Å². The number of benzene rings is 1. The molecule has 1 aliphatic rings. The lowest BCUT2D eigenvalue weighted by atomic mass is 10.1. The van der Waals surface area contributed by atoms with Crippen molar-refractivity contribution < 1.29 is 4.79 Å². The largest absolute Gasteiger partial charge is 0.318 e. The van der Waals surface area contributed by atoms with E-state index in [0.29, 0.717) is 4.91 Å². The van der Waals surface area contributed by atoms with Crippen LogP contribution in [-0.2, 0) is 11.2 Å². The predicted octanol–water partition coefficient (Wildman–Crippen LogP) is 4.19. The summed E-state index contributed by atoms with van der Waals surface area (Å²) in [7, 11) is 3.47. The lowest BCUT2D eigenvalue weighted by molar-refractivity contribution is -0.121. The van der Waals surface area contributed by atoms with Crippen LogP contribution in [0, 0.1) is 13.8 Å². The number of amides is 1. The van der Waals surface area contributed by atoms with E-state index in [9.17, 15) is 4.79 Å². The predicted molar refractivity (Wildman–Crippen MR) is 106 cm³/mol. The minimum absolute atomic E-state index is 0.00250. The van der Waals surface area contributed by atoms with Gasteiger partial charge in [0.15, 0.2) is 5.17 Å². The van der Waals surface area contributed by atoms with E-state index >= 15 is 0 Å². The summed E-state index contributed by atoms with van der Waals surface area (Å²) in [4.78, 5) is 18.8. The minimum atomic E-state index is 0.00250. The molecular weight excluding hydrogens is 330 g/mol. The molecule has 0 bridgehead atoms. The number of aromatic nitrogens is 1. The normalized spacial score (nSPS) is 18.0. The van der Waals surface area contributed by atoms with Crippen molar-refractivity contribution in [1.29, 1.82) is 0 Å². The van der Waals surface area contributed by atoms with E-state index in [1.54, 1.807) is 19.0 Å². The Labute approximate surface area is 153 Å². The van der Waals surface area contributed by atoms with Gasteiger partial charge in [0.05, 0.1) is 4.91 Å². The number of aryl methyl sites for hydroxylation is 2. The van der Waals surface area contributed by atoms with Crippen molar-refractivity contribution in [2.45, 2.75) is 27.2 Å². The summed E-state index contributed by atoms with van der Waals surface area (Å²) < 4.78 is 2.23. The van der Waals surface area contributed by atoms with E-state index < -0.39 is 0 Å². The van der Waals surface area contributed by atoms with Crippen molar-refractivity contribution in [3.05, 3.63) is 57.8 Å². The first-order valence-corrected chi connectivity index (χ1v) is 9.20. The van der Waals surface area contributed by atoms with Crippen molar-refractivity contribution in [3.63, 3.8) is 0 Å². The number of hydrogen-bond donors (Lipinski definition) is 0. The SMILES string of the molecule is CCc1ccc(-n2c(C)cc(/C=C3\SC(=NC)N(C)C3=O)c2C)cc1. The fourth-order valence-corrected chi connectivity index (χ4v) is 4.02. The number of aliphatic imine (C=N–C) groups is 1. The highest BCUT2D eigenvalue weighted by Gasteiger charge is 2.30. The van der Waals surface area contributed by atoms with Crippen molar-refractivity contribution in [1.82, 2.24) is 9.47 Å². The molecule has 1 fully saturated rings. The Morgan fingerprint density at radius 3 is 2.44 bits per heavy atom. The monoisotopic (exact) mass is 353 g/mol. The maximum Gasteiger partial charge on any atom is 0.266 e. The fraction of sp³-hybridized carbons (Fsp3) is 0.300. The molecule has 0 saturated carbocycles. The van der Waals surface area contributed by atoms with Crippen molar-refractivity contribution in [3.8, 4) is 5.69 Å². The van der Waals surface area contributed by atoms with Gasteiger partial charge in [0.2, 0.25) is 0 Å².